The summed E-state index contributed by atoms with van der Waals surface area (Å²) in [6, 6.07) is 2.48. The Balaban J connectivity index is 2.69. The van der Waals surface area contributed by atoms with Crippen LogP contribution in [0.2, 0.25) is 0 Å². The number of carboxylic acids is 1. The Morgan fingerprint density at radius 3 is 3.00 bits per heavy atom. The van der Waals surface area contributed by atoms with Gasteiger partial charge in [0.05, 0.1) is 5.92 Å². The van der Waals surface area contributed by atoms with Gasteiger partial charge in [-0.25, -0.2) is 4.39 Å². The summed E-state index contributed by atoms with van der Waals surface area (Å²) in [5, 5.41) is 8.59. The third-order valence-corrected chi connectivity index (χ3v) is 1.72. The summed E-state index contributed by atoms with van der Waals surface area (Å²) in [5.74, 6) is -1.82. The average Bonchev–Trinajstić information content (AvgIpc) is 2.04. The van der Waals surface area contributed by atoms with E-state index in [0.29, 0.717) is 5.69 Å². The predicted molar refractivity (Wildman–Crippen MR) is 44.7 cm³/mol. The van der Waals surface area contributed by atoms with Crippen molar-refractivity contribution in [1.82, 2.24) is 4.98 Å². The molecule has 1 N–H and O–H groups in total. The zero-order valence-electron chi connectivity index (χ0n) is 7.20. The van der Waals surface area contributed by atoms with E-state index in [0.717, 1.165) is 0 Å². The summed E-state index contributed by atoms with van der Waals surface area (Å²) in [7, 11) is 0. The van der Waals surface area contributed by atoms with Crippen LogP contribution >= 0.6 is 0 Å². The van der Waals surface area contributed by atoms with E-state index < -0.39 is 11.9 Å². The molecule has 0 spiro atoms. The maximum Gasteiger partial charge on any atom is 0.306 e. The second kappa shape index (κ2) is 3.98. The number of nitrogens with zero attached hydrogens (tertiary/aromatic N) is 1. The van der Waals surface area contributed by atoms with Crippen molar-refractivity contribution in [2.75, 3.05) is 0 Å². The van der Waals surface area contributed by atoms with Gasteiger partial charge in [0.1, 0.15) is 5.82 Å². The number of halogens is 1. The molecule has 0 saturated heterocycles. The SMILES string of the molecule is CC(Cc1cc(F)ccn1)C(=O)O. The molecule has 0 aliphatic carbocycles. The number of hydrogen-bond acceptors (Lipinski definition) is 2. The van der Waals surface area contributed by atoms with Gasteiger partial charge in [-0.1, -0.05) is 6.92 Å². The molecule has 0 aliphatic heterocycles. The normalized spacial score (nSPS) is 12.5. The summed E-state index contributed by atoms with van der Waals surface area (Å²) >= 11 is 0. The van der Waals surface area contributed by atoms with Crippen LogP contribution in [0, 0.1) is 11.7 Å². The summed E-state index contributed by atoms with van der Waals surface area (Å²) in [6.07, 6.45) is 1.59. The molecule has 1 aromatic rings. The second-order valence-electron chi connectivity index (χ2n) is 2.91. The topological polar surface area (TPSA) is 50.2 Å². The van der Waals surface area contributed by atoms with Gasteiger partial charge in [-0.3, -0.25) is 9.78 Å². The number of carboxylic acid groups (broad SMARTS) is 1. The maximum atomic E-state index is 12.6. The zero-order valence-corrected chi connectivity index (χ0v) is 7.20. The number of rotatable bonds is 3. The minimum Gasteiger partial charge on any atom is -0.481 e. The van der Waals surface area contributed by atoms with Crippen LogP contribution in [0.1, 0.15) is 12.6 Å². The lowest BCUT2D eigenvalue weighted by Crippen LogP contribution is -2.13. The van der Waals surface area contributed by atoms with E-state index in [1.165, 1.54) is 18.3 Å². The second-order valence-corrected chi connectivity index (χ2v) is 2.91. The molecular formula is C9H10FNO2. The fraction of sp³-hybridized carbons (Fsp3) is 0.333. The molecule has 0 saturated carbocycles. The number of pyridine rings is 1. The van der Waals surface area contributed by atoms with Crippen molar-refractivity contribution in [3.05, 3.63) is 29.8 Å². The Labute approximate surface area is 75.2 Å². The highest BCUT2D eigenvalue weighted by Gasteiger charge is 2.12. The Hall–Kier alpha value is -1.45. The van der Waals surface area contributed by atoms with Gasteiger partial charge in [-0.15, -0.1) is 0 Å². The molecule has 1 atom stereocenters. The molecule has 1 rings (SSSR count). The summed E-state index contributed by atoms with van der Waals surface area (Å²) in [5.41, 5.74) is 0.468. The fourth-order valence-electron chi connectivity index (χ4n) is 0.961. The molecule has 3 nitrogen and oxygen atoms in total. The molecule has 0 bridgehead atoms. The minimum atomic E-state index is -0.897. The standard InChI is InChI=1S/C9H10FNO2/c1-6(9(12)13)4-8-5-7(10)2-3-11-8/h2-3,5-6H,4H2,1H3,(H,12,13). The van der Waals surface area contributed by atoms with Crippen molar-refractivity contribution in [3.63, 3.8) is 0 Å². The zero-order chi connectivity index (χ0) is 9.84. The van der Waals surface area contributed by atoms with Crippen molar-refractivity contribution in [1.29, 1.82) is 0 Å². The van der Waals surface area contributed by atoms with Crippen molar-refractivity contribution in [2.45, 2.75) is 13.3 Å². The summed E-state index contributed by atoms with van der Waals surface area (Å²) < 4.78 is 12.6. The van der Waals surface area contributed by atoms with Crippen molar-refractivity contribution in [2.24, 2.45) is 5.92 Å². The Morgan fingerprint density at radius 2 is 2.46 bits per heavy atom. The molecular weight excluding hydrogens is 173 g/mol. The molecule has 1 unspecified atom stereocenters. The van der Waals surface area contributed by atoms with Crippen LogP contribution in [0.3, 0.4) is 0 Å². The third kappa shape index (κ3) is 2.82. The van der Waals surface area contributed by atoms with E-state index in [4.69, 9.17) is 5.11 Å². The maximum absolute atomic E-state index is 12.6. The van der Waals surface area contributed by atoms with Gasteiger partial charge in [0, 0.05) is 18.3 Å². The van der Waals surface area contributed by atoms with E-state index in [1.807, 2.05) is 0 Å². The molecule has 13 heavy (non-hydrogen) atoms. The van der Waals surface area contributed by atoms with Crippen LogP contribution in [-0.2, 0) is 11.2 Å². The molecule has 0 aliphatic rings. The van der Waals surface area contributed by atoms with Crippen LogP contribution in [0.5, 0.6) is 0 Å². The lowest BCUT2D eigenvalue weighted by Gasteiger charge is -2.04. The fourth-order valence-corrected chi connectivity index (χ4v) is 0.961. The highest BCUT2D eigenvalue weighted by atomic mass is 19.1. The molecule has 0 fully saturated rings. The van der Waals surface area contributed by atoms with Gasteiger partial charge in [0.15, 0.2) is 0 Å². The third-order valence-electron chi connectivity index (χ3n) is 1.72. The molecule has 1 heterocycles. The molecule has 0 radical (unpaired) electrons. The predicted octanol–water partition coefficient (Wildman–Crippen LogP) is 1.48. The minimum absolute atomic E-state index is 0.257. The number of hydrogen-bond donors (Lipinski definition) is 1. The summed E-state index contributed by atoms with van der Waals surface area (Å²) in [6.45, 7) is 1.56. The Morgan fingerprint density at radius 1 is 1.77 bits per heavy atom. The first kappa shape index (κ1) is 9.64. The number of aromatic nitrogens is 1. The van der Waals surface area contributed by atoms with Crippen LogP contribution in [0.4, 0.5) is 4.39 Å². The van der Waals surface area contributed by atoms with E-state index >= 15 is 0 Å². The largest absolute Gasteiger partial charge is 0.481 e. The summed E-state index contributed by atoms with van der Waals surface area (Å²) in [4.78, 5) is 14.3. The monoisotopic (exact) mass is 183 g/mol. The first-order chi connectivity index (χ1) is 6.09. The molecule has 1 aromatic heterocycles. The van der Waals surface area contributed by atoms with Crippen molar-refractivity contribution in [3.8, 4) is 0 Å². The van der Waals surface area contributed by atoms with Crippen LogP contribution in [-0.4, -0.2) is 16.1 Å². The van der Waals surface area contributed by atoms with Crippen LogP contribution in [0.25, 0.3) is 0 Å². The van der Waals surface area contributed by atoms with E-state index in [2.05, 4.69) is 4.98 Å². The smallest absolute Gasteiger partial charge is 0.306 e. The van der Waals surface area contributed by atoms with Gasteiger partial charge in [0.2, 0.25) is 0 Å². The Bertz CT molecular complexity index is 314. The molecule has 0 amide bonds. The number of carbonyl (C=O) groups is 1. The van der Waals surface area contributed by atoms with Crippen LogP contribution in [0.15, 0.2) is 18.3 Å². The first-order valence-electron chi connectivity index (χ1n) is 3.93. The average molecular weight is 183 g/mol. The van der Waals surface area contributed by atoms with Crippen molar-refractivity contribution < 1.29 is 14.3 Å². The quantitative estimate of drug-likeness (QED) is 0.772. The van der Waals surface area contributed by atoms with Gasteiger partial charge in [-0.2, -0.15) is 0 Å². The van der Waals surface area contributed by atoms with Crippen molar-refractivity contribution >= 4 is 5.97 Å². The van der Waals surface area contributed by atoms with E-state index in [-0.39, 0.29) is 12.2 Å². The lowest BCUT2D eigenvalue weighted by atomic mass is 10.1. The lowest BCUT2D eigenvalue weighted by molar-refractivity contribution is -0.141. The van der Waals surface area contributed by atoms with Gasteiger partial charge in [0.25, 0.3) is 0 Å². The first-order valence-corrected chi connectivity index (χ1v) is 3.93. The van der Waals surface area contributed by atoms with Gasteiger partial charge in [-0.05, 0) is 12.1 Å². The van der Waals surface area contributed by atoms with Gasteiger partial charge >= 0.3 is 5.97 Å². The Kier molecular flexibility index (Phi) is 2.95. The highest BCUT2D eigenvalue weighted by Crippen LogP contribution is 2.07. The van der Waals surface area contributed by atoms with E-state index in [9.17, 15) is 9.18 Å². The molecule has 70 valence electrons. The van der Waals surface area contributed by atoms with Gasteiger partial charge < -0.3 is 5.11 Å². The molecule has 4 heteroatoms. The van der Waals surface area contributed by atoms with E-state index in [1.54, 1.807) is 6.92 Å². The number of aliphatic carboxylic acids is 1. The van der Waals surface area contributed by atoms with Crippen LogP contribution < -0.4 is 0 Å². The molecule has 0 aromatic carbocycles. The highest BCUT2D eigenvalue weighted by molar-refractivity contribution is 5.69.